The number of amides is 1. The summed E-state index contributed by atoms with van der Waals surface area (Å²) < 4.78 is 66.1. The fourth-order valence-electron chi connectivity index (χ4n) is 3.90. The summed E-state index contributed by atoms with van der Waals surface area (Å²) in [6, 6.07) is 7.63. The van der Waals surface area contributed by atoms with Gasteiger partial charge in [0.25, 0.3) is 5.91 Å². The number of benzene rings is 2. The van der Waals surface area contributed by atoms with E-state index in [0.717, 1.165) is 11.0 Å². The minimum absolute atomic E-state index is 0.0225. The van der Waals surface area contributed by atoms with Gasteiger partial charge in [-0.3, -0.25) is 4.79 Å². The minimum atomic E-state index is -4.83. The summed E-state index contributed by atoms with van der Waals surface area (Å²) in [5.74, 6) is -0.809. The first-order valence-electron chi connectivity index (χ1n) is 9.37. The standard InChI is InChI=1S/C20H19Cl2F3N2O3S/c21-13-5-3-4-12(10-13)19(28)27(17-6-1-2-7-18(17)31(26,29)30)16-9-8-14(22)11-15(16)20(23,24)25/h3-5,8-11,17-18H,1-2,6-7H2,(H2,26,29,30). The number of halogens is 5. The number of rotatable bonds is 4. The second-order valence-corrected chi connectivity index (χ2v) is 9.98. The predicted octanol–water partition coefficient (Wildman–Crippen LogP) is 5.26. The van der Waals surface area contributed by atoms with Crippen molar-refractivity contribution in [2.45, 2.75) is 43.2 Å². The molecule has 0 radical (unpaired) electrons. The summed E-state index contributed by atoms with van der Waals surface area (Å²) in [5.41, 5.74) is -1.61. The Hall–Kier alpha value is -1.81. The van der Waals surface area contributed by atoms with E-state index >= 15 is 0 Å². The largest absolute Gasteiger partial charge is 0.418 e. The normalized spacial score (nSPS) is 19.8. The van der Waals surface area contributed by atoms with Gasteiger partial charge in [0.2, 0.25) is 10.0 Å². The number of carbonyl (C=O) groups excluding carboxylic acids is 1. The van der Waals surface area contributed by atoms with Crippen molar-refractivity contribution in [3.8, 4) is 0 Å². The van der Waals surface area contributed by atoms with E-state index in [9.17, 15) is 26.4 Å². The number of sulfonamides is 1. The van der Waals surface area contributed by atoms with Crippen molar-refractivity contribution in [1.82, 2.24) is 0 Å². The van der Waals surface area contributed by atoms with Gasteiger partial charge < -0.3 is 4.90 Å². The molecule has 0 spiro atoms. The first kappa shape index (κ1) is 23.8. The lowest BCUT2D eigenvalue weighted by Crippen LogP contribution is -2.53. The van der Waals surface area contributed by atoms with Crippen LogP contribution in [0.15, 0.2) is 42.5 Å². The van der Waals surface area contributed by atoms with E-state index in [2.05, 4.69) is 0 Å². The van der Waals surface area contributed by atoms with Crippen LogP contribution in [-0.2, 0) is 16.2 Å². The van der Waals surface area contributed by atoms with Crippen LogP contribution in [-0.4, -0.2) is 25.6 Å². The van der Waals surface area contributed by atoms with E-state index in [1.165, 1.54) is 30.3 Å². The van der Waals surface area contributed by atoms with E-state index in [1.54, 1.807) is 0 Å². The Balaban J connectivity index is 2.24. The molecule has 1 aliphatic rings. The van der Waals surface area contributed by atoms with Gasteiger partial charge in [-0.25, -0.2) is 13.6 Å². The van der Waals surface area contributed by atoms with Gasteiger partial charge in [-0.05, 0) is 49.2 Å². The summed E-state index contributed by atoms with van der Waals surface area (Å²) in [6.45, 7) is 0. The average Bonchev–Trinajstić information content (AvgIpc) is 2.68. The first-order valence-corrected chi connectivity index (χ1v) is 11.7. The van der Waals surface area contributed by atoms with Gasteiger partial charge in [-0.1, -0.05) is 42.1 Å². The second-order valence-electron chi connectivity index (χ2n) is 7.32. The van der Waals surface area contributed by atoms with Crippen molar-refractivity contribution >= 4 is 44.8 Å². The van der Waals surface area contributed by atoms with Crippen molar-refractivity contribution in [1.29, 1.82) is 0 Å². The topological polar surface area (TPSA) is 80.5 Å². The molecule has 0 aliphatic heterocycles. The van der Waals surface area contributed by atoms with Crippen molar-refractivity contribution in [2.75, 3.05) is 4.90 Å². The van der Waals surface area contributed by atoms with E-state index in [1.807, 2.05) is 0 Å². The molecule has 1 aliphatic carbocycles. The van der Waals surface area contributed by atoms with Crippen molar-refractivity contribution < 1.29 is 26.4 Å². The fraction of sp³-hybridized carbons (Fsp3) is 0.350. The Morgan fingerprint density at radius 2 is 1.68 bits per heavy atom. The van der Waals surface area contributed by atoms with Crippen LogP contribution in [0, 0.1) is 0 Å². The number of primary sulfonamides is 1. The number of hydrogen-bond donors (Lipinski definition) is 1. The third kappa shape index (κ3) is 5.34. The smallest absolute Gasteiger partial charge is 0.303 e. The van der Waals surface area contributed by atoms with Gasteiger partial charge >= 0.3 is 6.18 Å². The molecule has 0 heterocycles. The second kappa shape index (κ2) is 8.97. The lowest BCUT2D eigenvalue weighted by Gasteiger charge is -2.40. The molecule has 2 N–H and O–H groups in total. The van der Waals surface area contributed by atoms with Gasteiger partial charge in [0, 0.05) is 15.6 Å². The molecule has 1 amide bonds. The molecule has 1 saturated carbocycles. The number of carbonyl (C=O) groups is 1. The highest BCUT2D eigenvalue weighted by Crippen LogP contribution is 2.41. The number of nitrogens with two attached hydrogens (primary N) is 1. The molecular weight excluding hydrogens is 476 g/mol. The van der Waals surface area contributed by atoms with Crippen molar-refractivity contribution in [3.05, 3.63) is 63.6 Å². The molecule has 2 aromatic carbocycles. The van der Waals surface area contributed by atoms with Crippen LogP contribution in [0.25, 0.3) is 0 Å². The number of nitrogens with zero attached hydrogens (tertiary/aromatic N) is 1. The maximum Gasteiger partial charge on any atom is 0.418 e. The average molecular weight is 495 g/mol. The summed E-state index contributed by atoms with van der Waals surface area (Å²) in [7, 11) is -4.14. The zero-order valence-corrected chi connectivity index (χ0v) is 18.4. The van der Waals surface area contributed by atoms with Gasteiger partial charge in [-0.2, -0.15) is 13.2 Å². The molecule has 0 saturated heterocycles. The molecule has 168 valence electrons. The molecule has 0 aromatic heterocycles. The maximum absolute atomic E-state index is 13.9. The Kier molecular flexibility index (Phi) is 6.90. The third-order valence-electron chi connectivity index (χ3n) is 5.24. The molecule has 2 unspecified atom stereocenters. The molecule has 3 rings (SSSR count). The first-order chi connectivity index (χ1) is 14.4. The SMILES string of the molecule is NS(=O)(=O)C1CCCCC1N(C(=O)c1cccc(Cl)c1)c1ccc(Cl)cc1C(F)(F)F. The van der Waals surface area contributed by atoms with Gasteiger partial charge in [0.15, 0.2) is 0 Å². The highest BCUT2D eigenvalue weighted by atomic mass is 35.5. The molecule has 11 heteroatoms. The number of hydrogen-bond acceptors (Lipinski definition) is 3. The minimum Gasteiger partial charge on any atom is -0.303 e. The molecule has 2 atom stereocenters. The number of alkyl halides is 3. The van der Waals surface area contributed by atoms with Crippen LogP contribution in [0.3, 0.4) is 0 Å². The highest BCUT2D eigenvalue weighted by molar-refractivity contribution is 7.89. The van der Waals surface area contributed by atoms with Gasteiger partial charge in [0.05, 0.1) is 22.5 Å². The molecule has 2 aromatic rings. The van der Waals surface area contributed by atoms with Crippen LogP contribution in [0.4, 0.5) is 18.9 Å². The van der Waals surface area contributed by atoms with E-state index in [0.29, 0.717) is 18.9 Å². The van der Waals surface area contributed by atoms with Crippen LogP contribution in [0.2, 0.25) is 10.0 Å². The number of anilines is 1. The highest BCUT2D eigenvalue weighted by Gasteiger charge is 2.43. The predicted molar refractivity (Wildman–Crippen MR) is 114 cm³/mol. The van der Waals surface area contributed by atoms with Gasteiger partial charge in [-0.15, -0.1) is 0 Å². The monoisotopic (exact) mass is 494 g/mol. The fourth-order valence-corrected chi connectivity index (χ4v) is 5.45. The van der Waals surface area contributed by atoms with Gasteiger partial charge in [0.1, 0.15) is 0 Å². The van der Waals surface area contributed by atoms with E-state index in [-0.39, 0.29) is 28.5 Å². The summed E-state index contributed by atoms with van der Waals surface area (Å²) >= 11 is 11.8. The Morgan fingerprint density at radius 1 is 1.03 bits per heavy atom. The van der Waals surface area contributed by atoms with E-state index < -0.39 is 44.6 Å². The quantitative estimate of drug-likeness (QED) is 0.629. The molecular formula is C20H19Cl2F3N2O3S. The molecule has 5 nitrogen and oxygen atoms in total. The van der Waals surface area contributed by atoms with E-state index in [4.69, 9.17) is 28.3 Å². The van der Waals surface area contributed by atoms with Crippen molar-refractivity contribution in [3.63, 3.8) is 0 Å². The van der Waals surface area contributed by atoms with Crippen molar-refractivity contribution in [2.24, 2.45) is 5.14 Å². The zero-order chi connectivity index (χ0) is 23.0. The summed E-state index contributed by atoms with van der Waals surface area (Å²) in [6.07, 6.45) is -3.46. The lowest BCUT2D eigenvalue weighted by atomic mass is 9.92. The van der Waals surface area contributed by atoms with Crippen LogP contribution >= 0.6 is 23.2 Å². The Bertz CT molecular complexity index is 1090. The van der Waals surface area contributed by atoms with Crippen LogP contribution < -0.4 is 10.0 Å². The summed E-state index contributed by atoms with van der Waals surface area (Å²) in [5, 5.41) is 4.23. The third-order valence-corrected chi connectivity index (χ3v) is 7.10. The Labute approximate surface area is 188 Å². The van der Waals surface area contributed by atoms with Crippen LogP contribution in [0.5, 0.6) is 0 Å². The molecule has 31 heavy (non-hydrogen) atoms. The molecule has 0 bridgehead atoms. The Morgan fingerprint density at radius 3 is 2.29 bits per heavy atom. The maximum atomic E-state index is 13.9. The molecule has 1 fully saturated rings. The lowest BCUT2D eigenvalue weighted by molar-refractivity contribution is -0.137. The summed E-state index contributed by atoms with van der Waals surface area (Å²) in [4.78, 5) is 14.4. The van der Waals surface area contributed by atoms with Crippen LogP contribution in [0.1, 0.15) is 41.6 Å². The zero-order valence-electron chi connectivity index (χ0n) is 16.1.